The van der Waals surface area contributed by atoms with Gasteiger partial charge in [0, 0.05) is 18.7 Å². The zero-order valence-corrected chi connectivity index (χ0v) is 11.4. The first-order valence-corrected chi connectivity index (χ1v) is 6.85. The summed E-state index contributed by atoms with van der Waals surface area (Å²) < 4.78 is 0. The molecule has 0 aliphatic heterocycles. The summed E-state index contributed by atoms with van der Waals surface area (Å²) in [6.07, 6.45) is 5.94. The largest absolute Gasteiger partial charge is 0.396 e. The van der Waals surface area contributed by atoms with E-state index in [0.717, 1.165) is 18.8 Å². The fourth-order valence-corrected chi connectivity index (χ4v) is 3.06. The van der Waals surface area contributed by atoms with Gasteiger partial charge in [0.05, 0.1) is 0 Å². The molecule has 2 heteroatoms. The molecule has 0 saturated heterocycles. The Balaban J connectivity index is 2.43. The molecule has 1 aliphatic carbocycles. The molecule has 3 atom stereocenters. The summed E-state index contributed by atoms with van der Waals surface area (Å²) in [6, 6.07) is 1.16. The number of rotatable bonds is 5. The fourth-order valence-electron chi connectivity index (χ4n) is 3.06. The average molecular weight is 227 g/mol. The maximum atomic E-state index is 9.01. The van der Waals surface area contributed by atoms with E-state index in [2.05, 4.69) is 33.0 Å². The summed E-state index contributed by atoms with van der Waals surface area (Å²) in [5.41, 5.74) is 0.524. The van der Waals surface area contributed by atoms with E-state index >= 15 is 0 Å². The molecule has 3 unspecified atom stereocenters. The first-order chi connectivity index (χ1) is 7.48. The molecule has 2 nitrogen and oxygen atoms in total. The van der Waals surface area contributed by atoms with Crippen LogP contribution >= 0.6 is 0 Å². The lowest BCUT2D eigenvalue weighted by Crippen LogP contribution is -2.46. The lowest BCUT2D eigenvalue weighted by molar-refractivity contribution is 0.135. The monoisotopic (exact) mass is 227 g/mol. The zero-order chi connectivity index (χ0) is 12.2. The quantitative estimate of drug-likeness (QED) is 0.757. The van der Waals surface area contributed by atoms with Gasteiger partial charge in [-0.2, -0.15) is 0 Å². The molecule has 0 heterocycles. The van der Waals surface area contributed by atoms with Crippen LogP contribution in [0.15, 0.2) is 0 Å². The minimum atomic E-state index is 0.304. The molecule has 96 valence electrons. The Kier molecular flexibility index (Phi) is 5.26. The summed E-state index contributed by atoms with van der Waals surface area (Å²) in [5, 5.41) is 12.7. The molecule has 1 fully saturated rings. The van der Waals surface area contributed by atoms with E-state index in [9.17, 15) is 0 Å². The van der Waals surface area contributed by atoms with Gasteiger partial charge in [-0.1, -0.05) is 27.7 Å². The summed E-state index contributed by atoms with van der Waals surface area (Å²) in [4.78, 5) is 0. The van der Waals surface area contributed by atoms with Gasteiger partial charge in [-0.05, 0) is 43.4 Å². The van der Waals surface area contributed by atoms with Crippen LogP contribution in [-0.2, 0) is 0 Å². The molecule has 0 aromatic heterocycles. The maximum Gasteiger partial charge on any atom is 0.0445 e. The van der Waals surface area contributed by atoms with Gasteiger partial charge in [0.25, 0.3) is 0 Å². The normalized spacial score (nSPS) is 31.3. The van der Waals surface area contributed by atoms with Gasteiger partial charge in [0.2, 0.25) is 0 Å². The van der Waals surface area contributed by atoms with E-state index in [-0.39, 0.29) is 0 Å². The SMILES string of the molecule is CCC(CCO)NC1CCC(C)(C)CC1C. The maximum absolute atomic E-state index is 9.01. The van der Waals surface area contributed by atoms with Gasteiger partial charge >= 0.3 is 0 Å². The lowest BCUT2D eigenvalue weighted by Gasteiger charge is -2.41. The summed E-state index contributed by atoms with van der Waals surface area (Å²) in [7, 11) is 0. The third-order valence-electron chi connectivity index (χ3n) is 4.11. The Bertz CT molecular complexity index is 203. The van der Waals surface area contributed by atoms with Crippen molar-refractivity contribution in [3.05, 3.63) is 0 Å². The third-order valence-corrected chi connectivity index (χ3v) is 4.11. The highest BCUT2D eigenvalue weighted by Crippen LogP contribution is 2.38. The molecule has 2 N–H and O–H groups in total. The highest BCUT2D eigenvalue weighted by molar-refractivity contribution is 4.88. The smallest absolute Gasteiger partial charge is 0.0445 e. The molecule has 0 radical (unpaired) electrons. The van der Waals surface area contributed by atoms with Gasteiger partial charge in [-0.3, -0.25) is 0 Å². The Morgan fingerprint density at radius 3 is 2.62 bits per heavy atom. The van der Waals surface area contributed by atoms with Crippen molar-refractivity contribution in [2.24, 2.45) is 11.3 Å². The van der Waals surface area contributed by atoms with Crippen LogP contribution in [0.2, 0.25) is 0 Å². The van der Waals surface area contributed by atoms with E-state index in [1.165, 1.54) is 19.3 Å². The molecule has 0 spiro atoms. The Morgan fingerprint density at radius 1 is 1.44 bits per heavy atom. The van der Waals surface area contributed by atoms with Crippen LogP contribution in [0.5, 0.6) is 0 Å². The molecule has 1 rings (SSSR count). The van der Waals surface area contributed by atoms with Crippen molar-refractivity contribution in [3.63, 3.8) is 0 Å². The van der Waals surface area contributed by atoms with Gasteiger partial charge in [0.1, 0.15) is 0 Å². The van der Waals surface area contributed by atoms with Crippen LogP contribution in [0.3, 0.4) is 0 Å². The molecule has 1 aliphatic rings. The predicted octanol–water partition coefficient (Wildman–Crippen LogP) is 2.95. The fraction of sp³-hybridized carbons (Fsp3) is 1.00. The van der Waals surface area contributed by atoms with Gasteiger partial charge < -0.3 is 10.4 Å². The first-order valence-electron chi connectivity index (χ1n) is 6.85. The minimum absolute atomic E-state index is 0.304. The van der Waals surface area contributed by atoms with E-state index in [1.807, 2.05) is 0 Å². The molecule has 0 amide bonds. The molecule has 1 saturated carbocycles. The number of hydrogen-bond donors (Lipinski definition) is 2. The standard InChI is InChI=1S/C14H29NO/c1-5-12(7-9-16)15-13-6-8-14(3,4)10-11(13)2/h11-13,15-16H,5-10H2,1-4H3. The van der Waals surface area contributed by atoms with Crippen LogP contribution in [-0.4, -0.2) is 23.8 Å². The van der Waals surface area contributed by atoms with E-state index in [0.29, 0.717) is 24.1 Å². The number of nitrogens with one attached hydrogen (secondary N) is 1. The van der Waals surface area contributed by atoms with Crippen molar-refractivity contribution >= 4 is 0 Å². The van der Waals surface area contributed by atoms with Crippen LogP contribution in [0.25, 0.3) is 0 Å². The van der Waals surface area contributed by atoms with Gasteiger partial charge in [-0.15, -0.1) is 0 Å². The van der Waals surface area contributed by atoms with Crippen molar-refractivity contribution in [1.29, 1.82) is 0 Å². The number of aliphatic hydroxyl groups excluding tert-OH is 1. The molecule has 0 aromatic carbocycles. The van der Waals surface area contributed by atoms with Crippen LogP contribution < -0.4 is 5.32 Å². The molecular weight excluding hydrogens is 198 g/mol. The molecule has 0 aromatic rings. The van der Waals surface area contributed by atoms with Crippen molar-refractivity contribution < 1.29 is 5.11 Å². The Morgan fingerprint density at radius 2 is 2.12 bits per heavy atom. The van der Waals surface area contributed by atoms with Gasteiger partial charge in [0.15, 0.2) is 0 Å². The zero-order valence-electron chi connectivity index (χ0n) is 11.4. The topological polar surface area (TPSA) is 32.3 Å². The van der Waals surface area contributed by atoms with Crippen LogP contribution in [0, 0.1) is 11.3 Å². The second kappa shape index (κ2) is 6.02. The van der Waals surface area contributed by atoms with E-state index in [1.54, 1.807) is 0 Å². The first kappa shape index (κ1) is 14.0. The average Bonchev–Trinajstić information content (AvgIpc) is 2.20. The minimum Gasteiger partial charge on any atom is -0.396 e. The summed E-state index contributed by atoms with van der Waals surface area (Å²) in [6.45, 7) is 9.63. The van der Waals surface area contributed by atoms with Crippen molar-refractivity contribution in [1.82, 2.24) is 5.32 Å². The number of aliphatic hydroxyl groups is 1. The second-order valence-corrected chi connectivity index (χ2v) is 6.27. The molecular formula is C14H29NO. The highest BCUT2D eigenvalue weighted by Gasteiger charge is 2.32. The lowest BCUT2D eigenvalue weighted by atomic mass is 9.70. The van der Waals surface area contributed by atoms with Crippen molar-refractivity contribution in [3.8, 4) is 0 Å². The molecule has 16 heavy (non-hydrogen) atoms. The van der Waals surface area contributed by atoms with Crippen molar-refractivity contribution in [2.45, 2.75) is 71.9 Å². The second-order valence-electron chi connectivity index (χ2n) is 6.27. The van der Waals surface area contributed by atoms with Crippen LogP contribution in [0.1, 0.15) is 59.8 Å². The summed E-state index contributed by atoms with van der Waals surface area (Å²) >= 11 is 0. The highest BCUT2D eigenvalue weighted by atomic mass is 16.3. The summed E-state index contributed by atoms with van der Waals surface area (Å²) in [5.74, 6) is 0.761. The molecule has 0 bridgehead atoms. The van der Waals surface area contributed by atoms with E-state index < -0.39 is 0 Å². The predicted molar refractivity (Wildman–Crippen MR) is 69.5 cm³/mol. The van der Waals surface area contributed by atoms with Gasteiger partial charge in [-0.25, -0.2) is 0 Å². The number of hydrogen-bond acceptors (Lipinski definition) is 2. The van der Waals surface area contributed by atoms with Crippen molar-refractivity contribution in [2.75, 3.05) is 6.61 Å². The third kappa shape index (κ3) is 4.06. The Labute approximate surface area is 101 Å². The van der Waals surface area contributed by atoms with Crippen LogP contribution in [0.4, 0.5) is 0 Å². The van der Waals surface area contributed by atoms with E-state index in [4.69, 9.17) is 5.11 Å². The Hall–Kier alpha value is -0.0800.